The van der Waals surface area contributed by atoms with Crippen molar-refractivity contribution in [2.24, 2.45) is 22.7 Å². The first-order chi connectivity index (χ1) is 9.41. The fourth-order valence-electron chi connectivity index (χ4n) is 5.42. The highest BCUT2D eigenvalue weighted by Crippen LogP contribution is 2.68. The molecule has 1 aliphatic heterocycles. The van der Waals surface area contributed by atoms with Crippen molar-refractivity contribution < 1.29 is 14.6 Å². The van der Waals surface area contributed by atoms with Crippen LogP contribution < -0.4 is 5.32 Å². The summed E-state index contributed by atoms with van der Waals surface area (Å²) in [5, 5.41) is 12.2. The molecule has 20 heavy (non-hydrogen) atoms. The van der Waals surface area contributed by atoms with Gasteiger partial charge in [0.2, 0.25) is 5.91 Å². The van der Waals surface area contributed by atoms with E-state index in [1.54, 1.807) is 0 Å². The number of amides is 1. The molecule has 3 rings (SSSR count). The molecule has 2 N–H and O–H groups in total. The molecule has 3 fully saturated rings. The maximum Gasteiger partial charge on any atom is 0.222 e. The van der Waals surface area contributed by atoms with E-state index in [0.717, 1.165) is 13.0 Å². The third-order valence-electron chi connectivity index (χ3n) is 6.43. The van der Waals surface area contributed by atoms with Crippen LogP contribution in [0.4, 0.5) is 0 Å². The summed E-state index contributed by atoms with van der Waals surface area (Å²) in [5.74, 6) is 1.25. The Morgan fingerprint density at radius 2 is 2.20 bits per heavy atom. The van der Waals surface area contributed by atoms with Gasteiger partial charge < -0.3 is 15.2 Å². The number of rotatable bonds is 3. The Bertz CT molecular complexity index is 409. The van der Waals surface area contributed by atoms with Gasteiger partial charge >= 0.3 is 0 Å². The molecule has 1 spiro atoms. The number of carbonyl (C=O) groups excluding carboxylic acids is 1. The molecule has 0 aromatic rings. The van der Waals surface area contributed by atoms with Crippen LogP contribution in [0.25, 0.3) is 0 Å². The van der Waals surface area contributed by atoms with E-state index >= 15 is 0 Å². The Hall–Kier alpha value is -0.610. The van der Waals surface area contributed by atoms with E-state index in [9.17, 15) is 4.79 Å². The average Bonchev–Trinajstić information content (AvgIpc) is 2.85. The third kappa shape index (κ3) is 1.84. The number of fused-ring (bicyclic) bond motifs is 1. The minimum Gasteiger partial charge on any atom is -0.396 e. The minimum absolute atomic E-state index is 0.00889. The van der Waals surface area contributed by atoms with Crippen LogP contribution in [-0.4, -0.2) is 36.4 Å². The van der Waals surface area contributed by atoms with E-state index in [1.807, 2.05) is 0 Å². The first kappa shape index (κ1) is 14.3. The molecular weight excluding hydrogens is 254 g/mol. The van der Waals surface area contributed by atoms with Gasteiger partial charge in [-0.1, -0.05) is 13.8 Å². The van der Waals surface area contributed by atoms with Gasteiger partial charge in [-0.05, 0) is 48.9 Å². The van der Waals surface area contributed by atoms with Crippen LogP contribution in [0.1, 0.15) is 46.5 Å². The van der Waals surface area contributed by atoms with E-state index < -0.39 is 0 Å². The number of hydrogen-bond acceptors (Lipinski definition) is 3. The molecule has 114 valence electrons. The lowest BCUT2D eigenvalue weighted by Crippen LogP contribution is -2.59. The van der Waals surface area contributed by atoms with Crippen LogP contribution >= 0.6 is 0 Å². The van der Waals surface area contributed by atoms with Gasteiger partial charge in [0.1, 0.15) is 0 Å². The Kier molecular flexibility index (Phi) is 3.37. The van der Waals surface area contributed by atoms with Crippen LogP contribution in [0.2, 0.25) is 0 Å². The molecule has 2 bridgehead atoms. The fourth-order valence-corrected chi connectivity index (χ4v) is 5.42. The lowest BCUT2D eigenvalue weighted by molar-refractivity contribution is -0.134. The zero-order chi connectivity index (χ0) is 14.5. The number of nitrogens with one attached hydrogen (secondary N) is 1. The summed E-state index contributed by atoms with van der Waals surface area (Å²) in [7, 11) is 0. The van der Waals surface area contributed by atoms with Crippen LogP contribution in [0, 0.1) is 22.7 Å². The van der Waals surface area contributed by atoms with Gasteiger partial charge in [0.25, 0.3) is 0 Å². The van der Waals surface area contributed by atoms with Crippen molar-refractivity contribution >= 4 is 5.91 Å². The van der Waals surface area contributed by atoms with E-state index in [4.69, 9.17) is 9.84 Å². The summed E-state index contributed by atoms with van der Waals surface area (Å²) in [5.41, 5.74) is 0.371. The molecule has 2 saturated carbocycles. The molecule has 2 aliphatic carbocycles. The van der Waals surface area contributed by atoms with Crippen LogP contribution in [0.15, 0.2) is 0 Å². The standard InChI is InChI=1S/C16H27NO3/c1-10-12-8-11-9-16(12,5-7-20-10)14(15(11,2)3)17-13(19)4-6-18/h10-12,14,18H,4-9H2,1-3H3,(H,17,19)/t10-,11-,12-,14+,16-/m1/s1. The largest absolute Gasteiger partial charge is 0.396 e. The number of ether oxygens (including phenoxy) is 1. The molecule has 1 heterocycles. The Morgan fingerprint density at radius 1 is 1.45 bits per heavy atom. The van der Waals surface area contributed by atoms with E-state index in [1.165, 1.54) is 12.8 Å². The van der Waals surface area contributed by atoms with Crippen molar-refractivity contribution in [1.82, 2.24) is 5.32 Å². The van der Waals surface area contributed by atoms with Crippen molar-refractivity contribution in [2.75, 3.05) is 13.2 Å². The second-order valence-corrected chi connectivity index (χ2v) is 7.60. The maximum atomic E-state index is 12.0. The second-order valence-electron chi connectivity index (χ2n) is 7.60. The zero-order valence-electron chi connectivity index (χ0n) is 12.8. The molecule has 1 amide bonds. The van der Waals surface area contributed by atoms with Crippen molar-refractivity contribution in [2.45, 2.75) is 58.6 Å². The van der Waals surface area contributed by atoms with Crippen molar-refractivity contribution in [3.8, 4) is 0 Å². The molecule has 4 nitrogen and oxygen atoms in total. The SMILES string of the molecule is C[C@H]1OCC[C@@]23C[C@@H](C[C@H]12)C(C)(C)[C@@H]3NC(=O)CCO. The van der Waals surface area contributed by atoms with Crippen LogP contribution in [0.3, 0.4) is 0 Å². The van der Waals surface area contributed by atoms with Crippen molar-refractivity contribution in [3.63, 3.8) is 0 Å². The van der Waals surface area contributed by atoms with Gasteiger partial charge in [-0.3, -0.25) is 4.79 Å². The number of aliphatic hydroxyl groups excluding tert-OH is 1. The highest BCUT2D eigenvalue weighted by molar-refractivity contribution is 5.76. The van der Waals surface area contributed by atoms with Gasteiger partial charge in [0.05, 0.1) is 12.7 Å². The highest BCUT2D eigenvalue weighted by atomic mass is 16.5. The zero-order valence-corrected chi connectivity index (χ0v) is 12.8. The third-order valence-corrected chi connectivity index (χ3v) is 6.43. The summed E-state index contributed by atoms with van der Waals surface area (Å²) in [6, 6.07) is 0.226. The predicted octanol–water partition coefficient (Wildman–Crippen LogP) is 1.71. The van der Waals surface area contributed by atoms with E-state index in [0.29, 0.717) is 17.9 Å². The summed E-state index contributed by atoms with van der Waals surface area (Å²) in [6.07, 6.45) is 4.04. The van der Waals surface area contributed by atoms with E-state index in [-0.39, 0.29) is 35.8 Å². The Balaban J connectivity index is 1.88. The van der Waals surface area contributed by atoms with Gasteiger partial charge in [0, 0.05) is 19.1 Å². The Morgan fingerprint density at radius 3 is 2.90 bits per heavy atom. The average molecular weight is 281 g/mol. The molecule has 0 aromatic heterocycles. The summed E-state index contributed by atoms with van der Waals surface area (Å²) in [6.45, 7) is 7.52. The lowest BCUT2D eigenvalue weighted by atomic mass is 9.59. The number of hydrogen-bond donors (Lipinski definition) is 2. The molecule has 1 saturated heterocycles. The predicted molar refractivity (Wildman–Crippen MR) is 76.1 cm³/mol. The summed E-state index contributed by atoms with van der Waals surface area (Å²) >= 11 is 0. The highest BCUT2D eigenvalue weighted by Gasteiger charge is 2.67. The smallest absolute Gasteiger partial charge is 0.222 e. The van der Waals surface area contributed by atoms with Gasteiger partial charge in [0.15, 0.2) is 0 Å². The lowest BCUT2D eigenvalue weighted by Gasteiger charge is -2.52. The molecule has 0 radical (unpaired) electrons. The van der Waals surface area contributed by atoms with Gasteiger partial charge in [-0.2, -0.15) is 0 Å². The number of aliphatic hydroxyl groups is 1. The van der Waals surface area contributed by atoms with Crippen LogP contribution in [0.5, 0.6) is 0 Å². The van der Waals surface area contributed by atoms with Gasteiger partial charge in [-0.15, -0.1) is 0 Å². The van der Waals surface area contributed by atoms with Crippen molar-refractivity contribution in [1.29, 1.82) is 0 Å². The molecule has 5 atom stereocenters. The summed E-state index contributed by atoms with van der Waals surface area (Å²) in [4.78, 5) is 12.0. The molecule has 0 aromatic carbocycles. The second kappa shape index (κ2) is 4.70. The fraction of sp³-hybridized carbons (Fsp3) is 0.938. The quantitative estimate of drug-likeness (QED) is 0.828. The molecule has 0 unspecified atom stereocenters. The summed E-state index contributed by atoms with van der Waals surface area (Å²) < 4.78 is 5.86. The molecule has 3 aliphatic rings. The Labute approximate surface area is 121 Å². The van der Waals surface area contributed by atoms with Crippen molar-refractivity contribution in [3.05, 3.63) is 0 Å². The topological polar surface area (TPSA) is 58.6 Å². The molecule has 4 heteroatoms. The van der Waals surface area contributed by atoms with E-state index in [2.05, 4.69) is 26.1 Å². The first-order valence-corrected chi connectivity index (χ1v) is 7.93. The normalized spacial score (nSPS) is 45.2. The van der Waals surface area contributed by atoms with Crippen LogP contribution in [-0.2, 0) is 9.53 Å². The molecular formula is C16H27NO3. The minimum atomic E-state index is -0.0711. The first-order valence-electron chi connectivity index (χ1n) is 7.93. The van der Waals surface area contributed by atoms with Gasteiger partial charge in [-0.25, -0.2) is 0 Å². The monoisotopic (exact) mass is 281 g/mol. The maximum absolute atomic E-state index is 12.0. The number of carbonyl (C=O) groups is 1.